The molecule has 0 aliphatic carbocycles. The Kier molecular flexibility index (Phi) is 8.14. The maximum atomic E-state index is 3.54. The zero-order valence-corrected chi connectivity index (χ0v) is 18.2. The summed E-state index contributed by atoms with van der Waals surface area (Å²) < 4.78 is 2.33. The molecule has 2 aromatic carbocycles. The summed E-state index contributed by atoms with van der Waals surface area (Å²) in [4.78, 5) is 0. The summed E-state index contributed by atoms with van der Waals surface area (Å²) in [5.74, 6) is 0. The molecule has 0 aromatic heterocycles. The lowest BCUT2D eigenvalue weighted by Gasteiger charge is -2.24. The topological polar surface area (TPSA) is 36.1 Å². The van der Waals surface area contributed by atoms with Crippen molar-refractivity contribution >= 4 is 31.9 Å². The van der Waals surface area contributed by atoms with Gasteiger partial charge in [-0.25, -0.2) is 0 Å². The Bertz CT molecular complexity index is 621. The molecule has 2 atom stereocenters. The van der Waals surface area contributed by atoms with Gasteiger partial charge in [-0.15, -0.1) is 0 Å². The minimum absolute atomic E-state index is 0.464. The van der Waals surface area contributed by atoms with Crippen molar-refractivity contribution in [2.75, 3.05) is 26.2 Å². The first-order valence-electron chi connectivity index (χ1n) is 9.41. The van der Waals surface area contributed by atoms with Crippen molar-refractivity contribution in [3.63, 3.8) is 0 Å². The first-order valence-corrected chi connectivity index (χ1v) is 11.0. The predicted octanol–water partition coefficient (Wildman–Crippen LogP) is 4.95. The molecule has 140 valence electrons. The molecule has 3 nitrogen and oxygen atoms in total. The number of hydrogen-bond acceptors (Lipinski definition) is 3. The van der Waals surface area contributed by atoms with Crippen LogP contribution in [0.25, 0.3) is 0 Å². The van der Waals surface area contributed by atoms with Gasteiger partial charge in [0, 0.05) is 40.7 Å². The highest BCUT2D eigenvalue weighted by atomic mass is 79.9. The highest BCUT2D eigenvalue weighted by Gasteiger charge is 2.14. The highest BCUT2D eigenvalue weighted by molar-refractivity contribution is 9.10. The molecule has 0 saturated carbocycles. The lowest BCUT2D eigenvalue weighted by molar-refractivity contribution is 0.412. The van der Waals surface area contributed by atoms with E-state index in [2.05, 4.69) is 96.3 Å². The van der Waals surface area contributed by atoms with Gasteiger partial charge in [0.1, 0.15) is 0 Å². The van der Waals surface area contributed by atoms with E-state index in [4.69, 9.17) is 0 Å². The zero-order valence-electron chi connectivity index (χ0n) is 15.0. The number of benzene rings is 2. The van der Waals surface area contributed by atoms with E-state index in [1.165, 1.54) is 34.9 Å². The smallest absolute Gasteiger partial charge is 0.0447 e. The second-order valence-corrected chi connectivity index (χ2v) is 8.65. The summed E-state index contributed by atoms with van der Waals surface area (Å²) in [5, 5.41) is 10.4. The van der Waals surface area contributed by atoms with Crippen LogP contribution in [0, 0.1) is 0 Å². The summed E-state index contributed by atoms with van der Waals surface area (Å²) in [7, 11) is 0. The van der Waals surface area contributed by atoms with E-state index in [9.17, 15) is 0 Å². The fourth-order valence-corrected chi connectivity index (χ4v) is 4.31. The fourth-order valence-electron chi connectivity index (χ4n) is 3.47. The average Bonchev–Trinajstić information content (AvgIpc) is 2.70. The van der Waals surface area contributed by atoms with E-state index in [-0.39, 0.29) is 0 Å². The van der Waals surface area contributed by atoms with Crippen LogP contribution in [0.2, 0.25) is 0 Å². The summed E-state index contributed by atoms with van der Waals surface area (Å²) >= 11 is 6.98. The Hall–Kier alpha value is -0.720. The van der Waals surface area contributed by atoms with Crippen LogP contribution in [-0.2, 0) is 0 Å². The van der Waals surface area contributed by atoms with Crippen LogP contribution in [0.15, 0.2) is 57.5 Å². The zero-order chi connectivity index (χ0) is 18.2. The molecule has 0 amide bonds. The standard InChI is InChI=1S/C11H14BrN.C10H13BrN2/c12-10-5-3-4-9(8-10)11-6-1-2-7-13-11;11-9-3-1-2-8(6-9)10-7-12-4-5-13-10/h3-5,8,11,13H,1-2,6-7H2;1-3,6,10,12-13H,4-5,7H2. The Morgan fingerprint density at radius 2 is 1.38 bits per heavy atom. The van der Waals surface area contributed by atoms with Crippen LogP contribution in [0.1, 0.15) is 42.5 Å². The largest absolute Gasteiger partial charge is 0.314 e. The second-order valence-electron chi connectivity index (χ2n) is 6.82. The van der Waals surface area contributed by atoms with E-state index >= 15 is 0 Å². The van der Waals surface area contributed by atoms with Crippen LogP contribution < -0.4 is 16.0 Å². The Morgan fingerprint density at radius 3 is 1.92 bits per heavy atom. The van der Waals surface area contributed by atoms with Crippen molar-refractivity contribution in [2.45, 2.75) is 31.3 Å². The number of piperidine rings is 1. The third kappa shape index (κ3) is 6.17. The lowest BCUT2D eigenvalue weighted by atomic mass is 9.98. The Morgan fingerprint density at radius 1 is 0.731 bits per heavy atom. The van der Waals surface area contributed by atoms with E-state index in [0.29, 0.717) is 12.1 Å². The van der Waals surface area contributed by atoms with Crippen molar-refractivity contribution in [3.05, 3.63) is 68.6 Å². The average molecular weight is 481 g/mol. The molecule has 2 aromatic rings. The maximum absolute atomic E-state index is 3.54. The van der Waals surface area contributed by atoms with Crippen molar-refractivity contribution in [3.8, 4) is 0 Å². The van der Waals surface area contributed by atoms with Crippen molar-refractivity contribution in [1.82, 2.24) is 16.0 Å². The monoisotopic (exact) mass is 479 g/mol. The van der Waals surface area contributed by atoms with Crippen LogP contribution >= 0.6 is 31.9 Å². The van der Waals surface area contributed by atoms with Crippen LogP contribution in [-0.4, -0.2) is 26.2 Å². The van der Waals surface area contributed by atoms with E-state index in [1.54, 1.807) is 0 Å². The van der Waals surface area contributed by atoms with Gasteiger partial charge in [0.05, 0.1) is 0 Å². The molecule has 2 aliphatic heterocycles. The van der Waals surface area contributed by atoms with Gasteiger partial charge < -0.3 is 16.0 Å². The van der Waals surface area contributed by atoms with Crippen molar-refractivity contribution in [2.24, 2.45) is 0 Å². The molecule has 26 heavy (non-hydrogen) atoms. The highest BCUT2D eigenvalue weighted by Crippen LogP contribution is 2.24. The Labute approximate surface area is 173 Å². The first-order chi connectivity index (χ1) is 12.7. The summed E-state index contributed by atoms with van der Waals surface area (Å²) in [6.45, 7) is 4.31. The molecule has 2 aliphatic rings. The minimum atomic E-state index is 0.464. The SMILES string of the molecule is Brc1cccc(C2CCCCN2)c1.Brc1cccc(C2CNCCN2)c1. The third-order valence-electron chi connectivity index (χ3n) is 4.85. The van der Waals surface area contributed by atoms with Crippen molar-refractivity contribution < 1.29 is 0 Å². The minimum Gasteiger partial charge on any atom is -0.314 e. The molecule has 2 fully saturated rings. The van der Waals surface area contributed by atoms with Crippen LogP contribution in [0.4, 0.5) is 0 Å². The van der Waals surface area contributed by atoms with Gasteiger partial charge in [-0.2, -0.15) is 0 Å². The molecular weight excluding hydrogens is 454 g/mol. The van der Waals surface area contributed by atoms with Crippen LogP contribution in [0.5, 0.6) is 0 Å². The van der Waals surface area contributed by atoms with E-state index in [0.717, 1.165) is 30.7 Å². The lowest BCUT2D eigenvalue weighted by Crippen LogP contribution is -2.42. The van der Waals surface area contributed by atoms with Gasteiger partial charge in [-0.3, -0.25) is 0 Å². The molecule has 5 heteroatoms. The summed E-state index contributed by atoms with van der Waals surface area (Å²) in [5.41, 5.74) is 2.76. The maximum Gasteiger partial charge on any atom is 0.0447 e. The van der Waals surface area contributed by atoms with E-state index < -0.39 is 0 Å². The summed E-state index contributed by atoms with van der Waals surface area (Å²) in [6.07, 6.45) is 3.95. The number of piperazine rings is 1. The quantitative estimate of drug-likeness (QED) is 0.569. The van der Waals surface area contributed by atoms with Gasteiger partial charge in [-0.1, -0.05) is 62.5 Å². The fraction of sp³-hybridized carbons (Fsp3) is 0.429. The van der Waals surface area contributed by atoms with Gasteiger partial charge in [0.25, 0.3) is 0 Å². The van der Waals surface area contributed by atoms with Gasteiger partial charge >= 0.3 is 0 Å². The number of rotatable bonds is 2. The Balaban J connectivity index is 0.000000151. The molecule has 2 heterocycles. The summed E-state index contributed by atoms with van der Waals surface area (Å²) in [6, 6.07) is 18.1. The number of nitrogens with one attached hydrogen (secondary N) is 3. The van der Waals surface area contributed by atoms with Gasteiger partial charge in [-0.05, 0) is 54.8 Å². The molecule has 4 rings (SSSR count). The number of halogens is 2. The molecule has 0 bridgehead atoms. The van der Waals surface area contributed by atoms with Crippen molar-refractivity contribution in [1.29, 1.82) is 0 Å². The van der Waals surface area contributed by atoms with Crippen LogP contribution in [0.3, 0.4) is 0 Å². The predicted molar refractivity (Wildman–Crippen MR) is 116 cm³/mol. The first kappa shape index (κ1) is 20.0. The molecule has 0 radical (unpaired) electrons. The van der Waals surface area contributed by atoms with E-state index in [1.807, 2.05) is 0 Å². The van der Waals surface area contributed by atoms with Gasteiger partial charge in [0.2, 0.25) is 0 Å². The molecule has 3 N–H and O–H groups in total. The van der Waals surface area contributed by atoms with Gasteiger partial charge in [0.15, 0.2) is 0 Å². The normalized spacial score (nSPS) is 23.0. The molecule has 2 saturated heterocycles. The number of hydrogen-bond donors (Lipinski definition) is 3. The second kappa shape index (κ2) is 10.6. The molecular formula is C21H27Br2N3. The molecule has 2 unspecified atom stereocenters. The third-order valence-corrected chi connectivity index (χ3v) is 5.84. The molecule has 0 spiro atoms.